The van der Waals surface area contributed by atoms with Gasteiger partial charge in [-0.2, -0.15) is 0 Å². The number of nitro benzene ring substituents is 1. The number of hydrogen-bond acceptors (Lipinski definition) is 8. The van der Waals surface area contributed by atoms with Gasteiger partial charge in [0.2, 0.25) is 0 Å². The molecule has 3 unspecified atom stereocenters. The van der Waals surface area contributed by atoms with Crippen LogP contribution in [0.5, 0.6) is 0 Å². The highest BCUT2D eigenvalue weighted by atomic mass is 32.2. The van der Waals surface area contributed by atoms with Crippen LogP contribution in [0, 0.1) is 21.8 Å². The van der Waals surface area contributed by atoms with E-state index in [-0.39, 0.29) is 35.9 Å². The zero-order valence-electron chi connectivity index (χ0n) is 19.9. The number of ether oxygens (including phenoxy) is 2. The van der Waals surface area contributed by atoms with E-state index in [0.29, 0.717) is 16.2 Å². The molecule has 0 saturated carbocycles. The standard InChI is InChI=1S/C25H25FN2O7S/c1-4-34-24(29)21-15(3)27-20(14-36(33)19-11-9-17(26)10-12-19)23(25(30)35-5-2)22(21)16-7-6-8-18(13-16)28(31)32/h6-13,21-22H,4-5,14H2,1-3H3. The molecule has 9 nitrogen and oxygen atoms in total. The van der Waals surface area contributed by atoms with Crippen molar-refractivity contribution in [3.8, 4) is 0 Å². The fourth-order valence-corrected chi connectivity index (χ4v) is 5.09. The van der Waals surface area contributed by atoms with E-state index in [4.69, 9.17) is 9.47 Å². The fraction of sp³-hybridized carbons (Fsp3) is 0.320. The van der Waals surface area contributed by atoms with Crippen molar-refractivity contribution >= 4 is 34.1 Å². The summed E-state index contributed by atoms with van der Waals surface area (Å²) in [6.07, 6.45) is 0. The molecule has 1 heterocycles. The molecule has 0 saturated heterocycles. The third-order valence-corrected chi connectivity index (χ3v) is 6.87. The Morgan fingerprint density at radius 2 is 1.78 bits per heavy atom. The Morgan fingerprint density at radius 3 is 2.39 bits per heavy atom. The fourth-order valence-electron chi connectivity index (χ4n) is 4.02. The van der Waals surface area contributed by atoms with Gasteiger partial charge in [-0.05, 0) is 50.6 Å². The molecule has 1 aliphatic rings. The maximum atomic E-state index is 13.3. The number of nitro groups is 1. The molecule has 0 aromatic heterocycles. The van der Waals surface area contributed by atoms with Crippen LogP contribution >= 0.6 is 0 Å². The summed E-state index contributed by atoms with van der Waals surface area (Å²) in [7, 11) is -1.72. The topological polar surface area (TPSA) is 125 Å². The van der Waals surface area contributed by atoms with Crippen LogP contribution in [0.15, 0.2) is 69.7 Å². The summed E-state index contributed by atoms with van der Waals surface area (Å²) in [5, 5.41) is 11.4. The molecule has 190 valence electrons. The van der Waals surface area contributed by atoms with Gasteiger partial charge >= 0.3 is 11.9 Å². The third-order valence-electron chi connectivity index (χ3n) is 5.54. The van der Waals surface area contributed by atoms with Crippen LogP contribution in [-0.4, -0.2) is 45.7 Å². The SMILES string of the molecule is CCOC(=O)C1=C(CS(=O)c2ccc(F)cc2)N=C(C)C(C(=O)OCC)C1c1cccc([N+](=O)[O-])c1. The van der Waals surface area contributed by atoms with Gasteiger partial charge in [0, 0.05) is 28.7 Å². The number of aliphatic imine (C=N–C) groups is 1. The predicted octanol–water partition coefficient (Wildman–Crippen LogP) is 4.10. The Hall–Kier alpha value is -3.73. The third kappa shape index (κ3) is 5.91. The first-order valence-corrected chi connectivity index (χ1v) is 12.5. The molecule has 0 N–H and O–H groups in total. The first kappa shape index (κ1) is 26.9. The normalized spacial score (nSPS) is 18.3. The number of esters is 2. The lowest BCUT2D eigenvalue weighted by atomic mass is 9.75. The molecule has 11 heteroatoms. The summed E-state index contributed by atoms with van der Waals surface area (Å²) in [6, 6.07) is 10.7. The highest BCUT2D eigenvalue weighted by Crippen LogP contribution is 2.41. The second kappa shape index (κ2) is 11.8. The second-order valence-electron chi connectivity index (χ2n) is 7.84. The second-order valence-corrected chi connectivity index (χ2v) is 9.29. The summed E-state index contributed by atoms with van der Waals surface area (Å²) in [6.45, 7) is 4.91. The van der Waals surface area contributed by atoms with Crippen LogP contribution in [0.1, 0.15) is 32.3 Å². The number of nitrogens with zero attached hydrogens (tertiary/aromatic N) is 2. The lowest BCUT2D eigenvalue weighted by molar-refractivity contribution is -0.384. The molecule has 0 radical (unpaired) electrons. The van der Waals surface area contributed by atoms with Gasteiger partial charge in [0.15, 0.2) is 0 Å². The van der Waals surface area contributed by atoms with Gasteiger partial charge in [-0.1, -0.05) is 12.1 Å². The first-order chi connectivity index (χ1) is 17.2. The monoisotopic (exact) mass is 516 g/mol. The molecule has 0 aliphatic carbocycles. The van der Waals surface area contributed by atoms with Crippen molar-refractivity contribution in [3.05, 3.63) is 81.3 Å². The molecule has 0 bridgehead atoms. The molecular formula is C25H25FN2O7S. The molecule has 0 fully saturated rings. The van der Waals surface area contributed by atoms with Crippen LogP contribution in [-0.2, 0) is 29.9 Å². The van der Waals surface area contributed by atoms with Crippen molar-refractivity contribution < 1.29 is 32.6 Å². The van der Waals surface area contributed by atoms with E-state index >= 15 is 0 Å². The average molecular weight is 517 g/mol. The lowest BCUT2D eigenvalue weighted by Crippen LogP contribution is -2.37. The van der Waals surface area contributed by atoms with Gasteiger partial charge in [-0.15, -0.1) is 0 Å². The molecular weight excluding hydrogens is 491 g/mol. The van der Waals surface area contributed by atoms with Crippen LogP contribution in [0.4, 0.5) is 10.1 Å². The Kier molecular flexibility index (Phi) is 8.81. The number of carbonyl (C=O) groups excluding carboxylic acids is 2. The largest absolute Gasteiger partial charge is 0.465 e. The summed E-state index contributed by atoms with van der Waals surface area (Å²) in [5.41, 5.74) is 0.464. The minimum Gasteiger partial charge on any atom is -0.465 e. The quantitative estimate of drug-likeness (QED) is 0.279. The van der Waals surface area contributed by atoms with Crippen molar-refractivity contribution in [2.24, 2.45) is 10.9 Å². The van der Waals surface area contributed by atoms with Crippen molar-refractivity contribution in [2.45, 2.75) is 31.6 Å². The number of hydrogen-bond donors (Lipinski definition) is 0. The Bertz CT molecular complexity index is 1260. The van der Waals surface area contributed by atoms with E-state index in [1.165, 1.54) is 42.5 Å². The van der Waals surface area contributed by atoms with E-state index in [0.717, 1.165) is 0 Å². The summed E-state index contributed by atoms with van der Waals surface area (Å²) in [5.74, 6) is -4.24. The van der Waals surface area contributed by atoms with Gasteiger partial charge in [0.25, 0.3) is 5.69 Å². The minimum absolute atomic E-state index is 0.0189. The zero-order valence-corrected chi connectivity index (χ0v) is 20.7. The van der Waals surface area contributed by atoms with E-state index in [1.807, 2.05) is 0 Å². The Morgan fingerprint density at radius 1 is 1.11 bits per heavy atom. The predicted molar refractivity (Wildman–Crippen MR) is 130 cm³/mol. The summed E-state index contributed by atoms with van der Waals surface area (Å²) >= 11 is 0. The number of halogens is 1. The lowest BCUT2D eigenvalue weighted by Gasteiger charge is -2.32. The van der Waals surface area contributed by atoms with E-state index in [9.17, 15) is 28.3 Å². The van der Waals surface area contributed by atoms with E-state index in [1.54, 1.807) is 26.8 Å². The first-order valence-electron chi connectivity index (χ1n) is 11.2. The van der Waals surface area contributed by atoms with Crippen LogP contribution in [0.3, 0.4) is 0 Å². The summed E-state index contributed by atoms with van der Waals surface area (Å²) < 4.78 is 37.0. The van der Waals surface area contributed by atoms with Gasteiger partial charge in [-0.3, -0.25) is 24.1 Å². The van der Waals surface area contributed by atoms with E-state index in [2.05, 4.69) is 4.99 Å². The van der Waals surface area contributed by atoms with Crippen LogP contribution in [0.2, 0.25) is 0 Å². The Labute approximate surface area is 209 Å². The number of non-ortho nitro benzene ring substituents is 1. The van der Waals surface area contributed by atoms with Gasteiger partial charge < -0.3 is 9.47 Å². The van der Waals surface area contributed by atoms with Crippen molar-refractivity contribution in [1.29, 1.82) is 0 Å². The van der Waals surface area contributed by atoms with Crippen LogP contribution in [0.25, 0.3) is 0 Å². The highest BCUT2D eigenvalue weighted by molar-refractivity contribution is 7.85. The molecule has 3 atom stereocenters. The zero-order chi connectivity index (χ0) is 26.4. The molecule has 1 aliphatic heterocycles. The molecule has 0 spiro atoms. The Balaban J connectivity index is 2.21. The molecule has 36 heavy (non-hydrogen) atoms. The molecule has 0 amide bonds. The summed E-state index contributed by atoms with van der Waals surface area (Å²) in [4.78, 5) is 41.9. The smallest absolute Gasteiger partial charge is 0.336 e. The van der Waals surface area contributed by atoms with Crippen molar-refractivity contribution in [3.63, 3.8) is 0 Å². The number of rotatable bonds is 9. The highest BCUT2D eigenvalue weighted by Gasteiger charge is 2.43. The maximum absolute atomic E-state index is 13.3. The minimum atomic E-state index is -1.72. The van der Waals surface area contributed by atoms with Crippen LogP contribution < -0.4 is 0 Å². The van der Waals surface area contributed by atoms with Gasteiger partial charge in [0.1, 0.15) is 11.7 Å². The molecule has 2 aromatic carbocycles. The molecule has 2 aromatic rings. The molecule has 3 rings (SSSR count). The van der Waals surface area contributed by atoms with Crippen molar-refractivity contribution in [1.82, 2.24) is 0 Å². The number of benzene rings is 2. The maximum Gasteiger partial charge on any atom is 0.336 e. The van der Waals surface area contributed by atoms with E-state index < -0.39 is 45.3 Å². The van der Waals surface area contributed by atoms with Gasteiger partial charge in [0.05, 0.1) is 46.0 Å². The van der Waals surface area contributed by atoms with Crippen molar-refractivity contribution in [2.75, 3.05) is 19.0 Å². The number of carbonyl (C=O) groups is 2. The average Bonchev–Trinajstić information content (AvgIpc) is 2.84. The van der Waals surface area contributed by atoms with Gasteiger partial charge in [-0.25, -0.2) is 9.18 Å².